The molecule has 1 rings (SSSR count). The number of carbonyl (C=O) groups excluding carboxylic acids is 1. The van der Waals surface area contributed by atoms with Gasteiger partial charge in [0.2, 0.25) is 0 Å². The Morgan fingerprint density at radius 2 is 2.00 bits per heavy atom. The molecular weight excluding hydrogens is 178 g/mol. The highest BCUT2D eigenvalue weighted by Crippen LogP contribution is 2.09. The van der Waals surface area contributed by atoms with Crippen LogP contribution >= 0.6 is 0 Å². The molecule has 4 nitrogen and oxygen atoms in total. The molecule has 1 aliphatic rings. The molecule has 0 aromatic heterocycles. The number of hydrogen-bond donors (Lipinski definition) is 0. The van der Waals surface area contributed by atoms with E-state index in [1.807, 2.05) is 11.9 Å². The molecule has 1 aliphatic heterocycles. The average molecular weight is 197 g/mol. The number of hydrogen-bond acceptors (Lipinski definition) is 2. The molecule has 0 unspecified atom stereocenters. The second-order valence-electron chi connectivity index (χ2n) is 3.81. The van der Waals surface area contributed by atoms with E-state index in [1.165, 1.54) is 12.8 Å². The first-order valence-electron chi connectivity index (χ1n) is 5.19. The quantitative estimate of drug-likeness (QED) is 0.645. The smallest absolute Gasteiger partial charge is 0.345 e. The summed E-state index contributed by atoms with van der Waals surface area (Å²) in [6, 6.07) is -0.116. The van der Waals surface area contributed by atoms with Crippen LogP contribution in [-0.2, 0) is 0 Å². The third kappa shape index (κ3) is 2.72. The maximum absolute atomic E-state index is 11.3. The van der Waals surface area contributed by atoms with Gasteiger partial charge in [0.15, 0.2) is 0 Å². The molecule has 0 radical (unpaired) electrons. The predicted molar refractivity (Wildman–Crippen MR) is 57.4 cm³/mol. The van der Waals surface area contributed by atoms with Crippen LogP contribution in [0.3, 0.4) is 0 Å². The van der Waals surface area contributed by atoms with Crippen molar-refractivity contribution >= 4 is 11.9 Å². The molecular formula is C10H19N3O. The predicted octanol–water partition coefficient (Wildman–Crippen LogP) is 1.92. The van der Waals surface area contributed by atoms with Crippen molar-refractivity contribution in [1.82, 2.24) is 9.80 Å². The van der Waals surface area contributed by atoms with Gasteiger partial charge in [-0.3, -0.25) is 0 Å². The number of aliphatic imine (C=N–C) groups is 1. The molecule has 0 spiro atoms. The molecule has 0 aromatic carbocycles. The van der Waals surface area contributed by atoms with Crippen molar-refractivity contribution in [2.45, 2.75) is 32.6 Å². The Morgan fingerprint density at radius 3 is 2.64 bits per heavy atom. The normalized spacial score (nSPS) is 17.4. The number of unbranched alkanes of at least 4 members (excludes halogenated alkanes) is 2. The summed E-state index contributed by atoms with van der Waals surface area (Å²) in [6.45, 7) is 2.83. The summed E-state index contributed by atoms with van der Waals surface area (Å²) in [5.74, 6) is 0.932. The van der Waals surface area contributed by atoms with E-state index < -0.39 is 0 Å². The minimum atomic E-state index is -0.116. The van der Waals surface area contributed by atoms with Gasteiger partial charge >= 0.3 is 6.03 Å². The van der Waals surface area contributed by atoms with Gasteiger partial charge in [0.25, 0.3) is 0 Å². The second-order valence-corrected chi connectivity index (χ2v) is 3.81. The fraction of sp³-hybridized carbons (Fsp3) is 0.800. The SMILES string of the molecule is CCCCCC1=NC(=O)N(C)CN1C. The molecule has 80 valence electrons. The molecule has 0 saturated carbocycles. The van der Waals surface area contributed by atoms with Crippen LogP contribution in [0.4, 0.5) is 4.79 Å². The van der Waals surface area contributed by atoms with Gasteiger partial charge in [-0.2, -0.15) is 4.99 Å². The fourth-order valence-electron chi connectivity index (χ4n) is 1.52. The van der Waals surface area contributed by atoms with E-state index in [0.29, 0.717) is 6.67 Å². The van der Waals surface area contributed by atoms with E-state index >= 15 is 0 Å². The summed E-state index contributed by atoms with van der Waals surface area (Å²) >= 11 is 0. The van der Waals surface area contributed by atoms with Crippen LogP contribution in [0.5, 0.6) is 0 Å². The van der Waals surface area contributed by atoms with Crippen molar-refractivity contribution in [3.8, 4) is 0 Å². The highest BCUT2D eigenvalue weighted by Gasteiger charge is 2.19. The van der Waals surface area contributed by atoms with Crippen molar-refractivity contribution in [3.63, 3.8) is 0 Å². The summed E-state index contributed by atoms with van der Waals surface area (Å²) in [4.78, 5) is 19.0. The minimum absolute atomic E-state index is 0.116. The number of amides is 2. The molecule has 0 aromatic rings. The zero-order chi connectivity index (χ0) is 10.6. The Hall–Kier alpha value is -1.06. The lowest BCUT2D eigenvalue weighted by Gasteiger charge is -2.30. The monoisotopic (exact) mass is 197 g/mol. The zero-order valence-electron chi connectivity index (χ0n) is 9.29. The molecule has 4 heteroatoms. The lowest BCUT2D eigenvalue weighted by molar-refractivity contribution is 0.193. The first-order chi connectivity index (χ1) is 6.65. The topological polar surface area (TPSA) is 35.9 Å². The van der Waals surface area contributed by atoms with E-state index in [-0.39, 0.29) is 6.03 Å². The van der Waals surface area contributed by atoms with Crippen LogP contribution in [0.25, 0.3) is 0 Å². The first-order valence-corrected chi connectivity index (χ1v) is 5.19. The van der Waals surface area contributed by atoms with Gasteiger partial charge in [-0.05, 0) is 6.42 Å². The summed E-state index contributed by atoms with van der Waals surface area (Å²) in [6.07, 6.45) is 4.45. The summed E-state index contributed by atoms with van der Waals surface area (Å²) in [7, 11) is 3.75. The van der Waals surface area contributed by atoms with Crippen molar-refractivity contribution in [1.29, 1.82) is 0 Å². The third-order valence-electron chi connectivity index (χ3n) is 2.42. The van der Waals surface area contributed by atoms with Crippen LogP contribution in [0.15, 0.2) is 4.99 Å². The van der Waals surface area contributed by atoms with Crippen molar-refractivity contribution in [3.05, 3.63) is 0 Å². The van der Waals surface area contributed by atoms with E-state index in [2.05, 4.69) is 11.9 Å². The van der Waals surface area contributed by atoms with Crippen LogP contribution in [0, 0.1) is 0 Å². The number of urea groups is 1. The van der Waals surface area contributed by atoms with Crippen molar-refractivity contribution in [2.75, 3.05) is 20.8 Å². The van der Waals surface area contributed by atoms with Crippen molar-refractivity contribution in [2.24, 2.45) is 4.99 Å². The van der Waals surface area contributed by atoms with Crippen molar-refractivity contribution < 1.29 is 4.79 Å². The van der Waals surface area contributed by atoms with Gasteiger partial charge in [-0.1, -0.05) is 19.8 Å². The highest BCUT2D eigenvalue weighted by atomic mass is 16.2. The minimum Gasteiger partial charge on any atom is -0.345 e. The number of nitrogens with zero attached hydrogens (tertiary/aromatic N) is 3. The van der Waals surface area contributed by atoms with E-state index in [0.717, 1.165) is 18.7 Å². The van der Waals surface area contributed by atoms with Gasteiger partial charge in [0.05, 0.1) is 6.67 Å². The molecule has 0 atom stereocenters. The fourth-order valence-corrected chi connectivity index (χ4v) is 1.52. The van der Waals surface area contributed by atoms with Gasteiger partial charge in [-0.25, -0.2) is 4.79 Å². The maximum Gasteiger partial charge on any atom is 0.346 e. The zero-order valence-corrected chi connectivity index (χ0v) is 9.29. The molecule has 0 fully saturated rings. The molecule has 1 heterocycles. The lowest BCUT2D eigenvalue weighted by atomic mass is 10.2. The van der Waals surface area contributed by atoms with E-state index in [9.17, 15) is 4.79 Å². The highest BCUT2D eigenvalue weighted by molar-refractivity contribution is 5.95. The Kier molecular flexibility index (Phi) is 3.92. The van der Waals surface area contributed by atoms with E-state index in [1.54, 1.807) is 11.9 Å². The van der Waals surface area contributed by atoms with Gasteiger partial charge < -0.3 is 9.80 Å². The van der Waals surface area contributed by atoms with E-state index in [4.69, 9.17) is 0 Å². The van der Waals surface area contributed by atoms with Crippen LogP contribution < -0.4 is 0 Å². The Balaban J connectivity index is 2.50. The maximum atomic E-state index is 11.3. The molecule has 2 amide bonds. The summed E-state index contributed by atoms with van der Waals surface area (Å²) in [5.41, 5.74) is 0. The molecule has 0 bridgehead atoms. The second kappa shape index (κ2) is 4.98. The average Bonchev–Trinajstić information content (AvgIpc) is 2.14. The lowest BCUT2D eigenvalue weighted by Crippen LogP contribution is -2.44. The van der Waals surface area contributed by atoms with Gasteiger partial charge in [0, 0.05) is 20.5 Å². The summed E-state index contributed by atoms with van der Waals surface area (Å²) < 4.78 is 0. The molecule has 0 saturated heterocycles. The van der Waals surface area contributed by atoms with Crippen LogP contribution in [-0.4, -0.2) is 42.4 Å². The number of amidine groups is 1. The molecule has 0 N–H and O–H groups in total. The number of carbonyl (C=O) groups is 1. The molecule has 0 aliphatic carbocycles. The molecule has 14 heavy (non-hydrogen) atoms. The first kappa shape index (κ1) is 11.0. The van der Waals surface area contributed by atoms with Crippen LogP contribution in [0.1, 0.15) is 32.6 Å². The largest absolute Gasteiger partial charge is 0.346 e. The number of rotatable bonds is 4. The standard InChI is InChI=1S/C10H19N3O/c1-4-5-6-7-9-11-10(14)13(3)8-12(9)2/h4-8H2,1-3H3. The Labute approximate surface area is 85.6 Å². The third-order valence-corrected chi connectivity index (χ3v) is 2.42. The van der Waals surface area contributed by atoms with Gasteiger partial charge in [-0.15, -0.1) is 0 Å². The van der Waals surface area contributed by atoms with Crippen LogP contribution in [0.2, 0.25) is 0 Å². The van der Waals surface area contributed by atoms with Gasteiger partial charge in [0.1, 0.15) is 5.84 Å². The Morgan fingerprint density at radius 1 is 1.29 bits per heavy atom. The Bertz CT molecular complexity index is 238. The summed E-state index contributed by atoms with van der Waals surface area (Å²) in [5, 5.41) is 0.